The number of unbranched alkanes of at least 4 members (excludes halogenated alkanes) is 1. The zero-order chi connectivity index (χ0) is 25.7. The van der Waals surface area contributed by atoms with E-state index in [4.69, 9.17) is 11.5 Å². The Bertz CT molecular complexity index is 639. The van der Waals surface area contributed by atoms with E-state index in [2.05, 4.69) is 16.0 Å². The smallest absolute Gasteiger partial charge is 0.326 e. The fourth-order valence-corrected chi connectivity index (χ4v) is 3.40. The van der Waals surface area contributed by atoms with Crippen LogP contribution >= 0.6 is 0 Å². The Kier molecular flexibility index (Phi) is 14.6. The van der Waals surface area contributed by atoms with Crippen LogP contribution in [0, 0.1) is 17.8 Å². The number of hydrogen-bond acceptors (Lipinski definition) is 6. The molecule has 0 rings (SSSR count). The average molecular weight is 472 g/mol. The van der Waals surface area contributed by atoms with Crippen molar-refractivity contribution in [2.24, 2.45) is 29.2 Å². The molecular weight excluding hydrogens is 426 g/mol. The van der Waals surface area contributed by atoms with E-state index in [9.17, 15) is 24.3 Å². The predicted molar refractivity (Wildman–Crippen MR) is 128 cm³/mol. The van der Waals surface area contributed by atoms with E-state index >= 15 is 0 Å². The second-order valence-corrected chi connectivity index (χ2v) is 9.84. The summed E-state index contributed by atoms with van der Waals surface area (Å²) in [4.78, 5) is 50.0. The van der Waals surface area contributed by atoms with Crippen LogP contribution in [0.1, 0.15) is 73.6 Å². The molecule has 0 aliphatic heterocycles. The SMILES string of the molecule is CC(C)CC(N)C(=O)NC(CCCCN)C(=O)NC(CC(C)C)C(=O)NC(C(=O)O)C(C)C. The molecule has 4 atom stereocenters. The number of nitrogens with two attached hydrogens (primary N) is 2. The van der Waals surface area contributed by atoms with Gasteiger partial charge in [0.15, 0.2) is 0 Å². The molecule has 0 spiro atoms. The normalized spacial score (nSPS) is 15.1. The maximum atomic E-state index is 13.1. The van der Waals surface area contributed by atoms with E-state index in [0.29, 0.717) is 38.6 Å². The lowest BCUT2D eigenvalue weighted by atomic mass is 9.99. The highest BCUT2D eigenvalue weighted by Gasteiger charge is 2.31. The van der Waals surface area contributed by atoms with Gasteiger partial charge in [0.25, 0.3) is 0 Å². The first-order valence-electron chi connectivity index (χ1n) is 11.9. The van der Waals surface area contributed by atoms with Gasteiger partial charge in [0.1, 0.15) is 18.1 Å². The van der Waals surface area contributed by atoms with Crippen LogP contribution in [0.2, 0.25) is 0 Å². The zero-order valence-electron chi connectivity index (χ0n) is 21.0. The van der Waals surface area contributed by atoms with Crippen molar-refractivity contribution in [2.75, 3.05) is 6.54 Å². The van der Waals surface area contributed by atoms with E-state index in [0.717, 1.165) is 0 Å². The molecule has 0 aliphatic carbocycles. The Morgan fingerprint density at radius 1 is 0.758 bits per heavy atom. The molecule has 0 aromatic carbocycles. The van der Waals surface area contributed by atoms with E-state index in [1.165, 1.54) is 0 Å². The van der Waals surface area contributed by atoms with Crippen LogP contribution in [0.25, 0.3) is 0 Å². The second kappa shape index (κ2) is 15.6. The Balaban J connectivity index is 5.49. The molecule has 10 nitrogen and oxygen atoms in total. The van der Waals surface area contributed by atoms with Gasteiger partial charge in [-0.15, -0.1) is 0 Å². The van der Waals surface area contributed by atoms with Gasteiger partial charge >= 0.3 is 5.97 Å². The summed E-state index contributed by atoms with van der Waals surface area (Å²) in [5, 5.41) is 17.3. The third-order valence-electron chi connectivity index (χ3n) is 5.21. The van der Waals surface area contributed by atoms with E-state index in [1.54, 1.807) is 13.8 Å². The van der Waals surface area contributed by atoms with Gasteiger partial charge in [-0.1, -0.05) is 41.5 Å². The minimum Gasteiger partial charge on any atom is -0.480 e. The summed E-state index contributed by atoms with van der Waals surface area (Å²) in [7, 11) is 0. The Labute approximate surface area is 198 Å². The lowest BCUT2D eigenvalue weighted by Crippen LogP contribution is -2.57. The van der Waals surface area contributed by atoms with Gasteiger partial charge in [0.2, 0.25) is 17.7 Å². The third kappa shape index (κ3) is 12.6. The summed E-state index contributed by atoms with van der Waals surface area (Å²) in [5.74, 6) is -2.68. The maximum absolute atomic E-state index is 13.1. The molecule has 0 saturated carbocycles. The highest BCUT2D eigenvalue weighted by Crippen LogP contribution is 2.10. The summed E-state index contributed by atoms with van der Waals surface area (Å²) < 4.78 is 0. The number of rotatable bonds is 16. The van der Waals surface area contributed by atoms with Gasteiger partial charge in [-0.2, -0.15) is 0 Å². The van der Waals surface area contributed by atoms with Crippen molar-refractivity contribution in [3.05, 3.63) is 0 Å². The van der Waals surface area contributed by atoms with Crippen molar-refractivity contribution in [3.8, 4) is 0 Å². The average Bonchev–Trinajstić information content (AvgIpc) is 2.68. The Morgan fingerprint density at radius 2 is 1.27 bits per heavy atom. The van der Waals surface area contributed by atoms with Crippen LogP contribution in [0.3, 0.4) is 0 Å². The molecule has 4 unspecified atom stereocenters. The molecule has 192 valence electrons. The van der Waals surface area contributed by atoms with Crippen LogP contribution in [0.5, 0.6) is 0 Å². The van der Waals surface area contributed by atoms with E-state index in [-0.39, 0.29) is 17.8 Å². The Hall–Kier alpha value is -2.20. The van der Waals surface area contributed by atoms with Gasteiger partial charge in [0, 0.05) is 0 Å². The molecule has 8 N–H and O–H groups in total. The molecule has 0 aliphatic rings. The third-order valence-corrected chi connectivity index (χ3v) is 5.21. The maximum Gasteiger partial charge on any atom is 0.326 e. The number of nitrogens with one attached hydrogen (secondary N) is 3. The fraction of sp³-hybridized carbons (Fsp3) is 0.826. The molecule has 10 heteroatoms. The molecule has 0 saturated heterocycles. The van der Waals surface area contributed by atoms with Crippen molar-refractivity contribution in [2.45, 2.75) is 97.8 Å². The number of hydrogen-bond donors (Lipinski definition) is 6. The van der Waals surface area contributed by atoms with Crippen molar-refractivity contribution in [1.82, 2.24) is 16.0 Å². The topological polar surface area (TPSA) is 177 Å². The van der Waals surface area contributed by atoms with Crippen LogP contribution in [-0.4, -0.2) is 59.5 Å². The van der Waals surface area contributed by atoms with Gasteiger partial charge in [-0.3, -0.25) is 14.4 Å². The van der Waals surface area contributed by atoms with Crippen molar-refractivity contribution >= 4 is 23.7 Å². The summed E-state index contributed by atoms with van der Waals surface area (Å²) >= 11 is 0. The number of carbonyl (C=O) groups excluding carboxylic acids is 3. The number of carboxylic acids is 1. The molecule has 33 heavy (non-hydrogen) atoms. The largest absolute Gasteiger partial charge is 0.480 e. The highest BCUT2D eigenvalue weighted by atomic mass is 16.4. The van der Waals surface area contributed by atoms with Gasteiger partial charge in [-0.05, 0) is 56.4 Å². The molecule has 0 aromatic rings. The van der Waals surface area contributed by atoms with Crippen molar-refractivity contribution in [1.29, 1.82) is 0 Å². The first kappa shape index (κ1) is 30.8. The van der Waals surface area contributed by atoms with Gasteiger partial charge < -0.3 is 32.5 Å². The molecule has 0 heterocycles. The summed E-state index contributed by atoms with van der Waals surface area (Å²) in [6.07, 6.45) is 2.44. The van der Waals surface area contributed by atoms with Crippen LogP contribution in [-0.2, 0) is 19.2 Å². The summed E-state index contributed by atoms with van der Waals surface area (Å²) in [5.41, 5.74) is 11.5. The monoisotopic (exact) mass is 471 g/mol. The molecule has 0 bridgehead atoms. The summed E-state index contributed by atoms with van der Waals surface area (Å²) in [6, 6.07) is -3.62. The molecule has 0 radical (unpaired) electrons. The second-order valence-electron chi connectivity index (χ2n) is 9.84. The number of carbonyl (C=O) groups is 4. The van der Waals surface area contributed by atoms with Crippen LogP contribution in [0.15, 0.2) is 0 Å². The molecular formula is C23H45N5O5. The number of carboxylic acid groups (broad SMARTS) is 1. The van der Waals surface area contributed by atoms with E-state index in [1.807, 2.05) is 27.7 Å². The quantitative estimate of drug-likeness (QED) is 0.180. The lowest BCUT2D eigenvalue weighted by Gasteiger charge is -2.27. The zero-order valence-corrected chi connectivity index (χ0v) is 21.0. The Morgan fingerprint density at radius 3 is 1.73 bits per heavy atom. The van der Waals surface area contributed by atoms with E-state index < -0.39 is 47.9 Å². The van der Waals surface area contributed by atoms with Gasteiger partial charge in [-0.25, -0.2) is 4.79 Å². The highest BCUT2D eigenvalue weighted by molar-refractivity contribution is 5.94. The fourth-order valence-electron chi connectivity index (χ4n) is 3.40. The molecule has 0 fully saturated rings. The summed E-state index contributed by atoms with van der Waals surface area (Å²) in [6.45, 7) is 11.5. The van der Waals surface area contributed by atoms with Crippen molar-refractivity contribution in [3.63, 3.8) is 0 Å². The molecule has 0 aromatic heterocycles. The van der Waals surface area contributed by atoms with Crippen molar-refractivity contribution < 1.29 is 24.3 Å². The number of aliphatic carboxylic acids is 1. The predicted octanol–water partition coefficient (Wildman–Crippen LogP) is 0.730. The minimum absolute atomic E-state index is 0.0631. The number of amides is 3. The minimum atomic E-state index is -1.14. The molecule has 3 amide bonds. The first-order valence-corrected chi connectivity index (χ1v) is 11.9. The van der Waals surface area contributed by atoms with Gasteiger partial charge in [0.05, 0.1) is 6.04 Å². The van der Waals surface area contributed by atoms with Crippen LogP contribution in [0.4, 0.5) is 0 Å². The lowest BCUT2D eigenvalue weighted by molar-refractivity contribution is -0.143. The van der Waals surface area contributed by atoms with Crippen LogP contribution < -0.4 is 27.4 Å². The standard InChI is InChI=1S/C23H45N5O5/c1-13(2)11-16(25)20(29)26-17(9-7-8-10-24)21(30)27-18(12-14(3)4)22(31)28-19(15(5)6)23(32)33/h13-19H,7-12,24-25H2,1-6H3,(H,26,29)(H,27,30)(H,28,31)(H,32,33). The first-order chi connectivity index (χ1) is 15.3.